The van der Waals surface area contributed by atoms with Crippen molar-refractivity contribution in [2.75, 3.05) is 53.1 Å². The lowest BCUT2D eigenvalue weighted by Gasteiger charge is -2.38. The first kappa shape index (κ1) is 24.3. The number of anilines is 1. The van der Waals surface area contributed by atoms with Crippen LogP contribution in [0.4, 0.5) is 5.95 Å². The third-order valence-corrected chi connectivity index (χ3v) is 6.06. The molecule has 2 aromatic carbocycles. The molecular formula is C25H29N3O7. The number of para-hydroxylation sites is 2. The molecule has 1 amide bonds. The standard InChI is InChI=1S/C25H29N3O7/c1-6-35-24(30)19-20(15-11-12-18(32-3)22(34-5)21(15)33-4)28-17-10-8-7-9-16(17)26-25(28)27(23(19)29)13-14-31-2/h7-12,19-20H,6,13-14H2,1-5H3/t19-,20-/m0/s1. The van der Waals surface area contributed by atoms with Crippen LogP contribution in [0.15, 0.2) is 36.4 Å². The Morgan fingerprint density at radius 1 is 1.00 bits per heavy atom. The van der Waals surface area contributed by atoms with E-state index in [4.69, 9.17) is 28.7 Å². The number of imidazole rings is 1. The zero-order valence-corrected chi connectivity index (χ0v) is 20.4. The van der Waals surface area contributed by atoms with Crippen LogP contribution in [-0.4, -0.2) is 69.6 Å². The molecule has 35 heavy (non-hydrogen) atoms. The van der Waals surface area contributed by atoms with Crippen molar-refractivity contribution < 1.29 is 33.3 Å². The smallest absolute Gasteiger partial charge is 0.321 e. The minimum absolute atomic E-state index is 0.133. The van der Waals surface area contributed by atoms with E-state index in [0.717, 1.165) is 5.52 Å². The predicted molar refractivity (Wildman–Crippen MR) is 128 cm³/mol. The molecule has 10 heteroatoms. The van der Waals surface area contributed by atoms with Gasteiger partial charge in [-0.3, -0.25) is 14.5 Å². The average Bonchev–Trinajstić information content (AvgIpc) is 3.25. The van der Waals surface area contributed by atoms with Crippen molar-refractivity contribution in [2.24, 2.45) is 5.92 Å². The van der Waals surface area contributed by atoms with Crippen LogP contribution >= 0.6 is 0 Å². The fraction of sp³-hybridized carbons (Fsp3) is 0.400. The van der Waals surface area contributed by atoms with E-state index in [1.54, 1.807) is 26.2 Å². The summed E-state index contributed by atoms with van der Waals surface area (Å²) < 4.78 is 29.3. The number of carbonyl (C=O) groups excluding carboxylic acids is 2. The highest BCUT2D eigenvalue weighted by atomic mass is 16.5. The lowest BCUT2D eigenvalue weighted by molar-refractivity contribution is -0.153. The Balaban J connectivity index is 2.05. The van der Waals surface area contributed by atoms with E-state index in [1.165, 1.54) is 26.2 Å². The van der Waals surface area contributed by atoms with Crippen molar-refractivity contribution >= 4 is 28.9 Å². The summed E-state index contributed by atoms with van der Waals surface area (Å²) in [6.45, 7) is 2.34. The van der Waals surface area contributed by atoms with Gasteiger partial charge < -0.3 is 28.3 Å². The zero-order chi connectivity index (χ0) is 25.1. The monoisotopic (exact) mass is 483 g/mol. The Labute approximate surface area is 203 Å². The van der Waals surface area contributed by atoms with Gasteiger partial charge in [-0.2, -0.15) is 0 Å². The molecule has 2 heterocycles. The van der Waals surface area contributed by atoms with Crippen LogP contribution in [0.2, 0.25) is 0 Å². The van der Waals surface area contributed by atoms with Crippen LogP contribution in [-0.2, 0) is 19.1 Å². The van der Waals surface area contributed by atoms with Gasteiger partial charge in [-0.05, 0) is 31.2 Å². The molecule has 0 fully saturated rings. The van der Waals surface area contributed by atoms with Gasteiger partial charge in [-0.15, -0.1) is 0 Å². The number of hydrogen-bond donors (Lipinski definition) is 0. The minimum Gasteiger partial charge on any atom is -0.493 e. The highest BCUT2D eigenvalue weighted by molar-refractivity contribution is 6.08. The molecule has 0 radical (unpaired) electrons. The molecule has 0 saturated heterocycles. The first-order chi connectivity index (χ1) is 17.0. The van der Waals surface area contributed by atoms with Crippen LogP contribution in [0.25, 0.3) is 11.0 Å². The fourth-order valence-electron chi connectivity index (χ4n) is 4.58. The number of hydrogen-bond acceptors (Lipinski definition) is 8. The SMILES string of the molecule is CCOC(=O)[C@@H]1C(=O)N(CCOC)c2nc3ccccc3n2[C@H]1c1ccc(OC)c(OC)c1OC. The normalized spacial score (nSPS) is 17.3. The third-order valence-electron chi connectivity index (χ3n) is 6.06. The largest absolute Gasteiger partial charge is 0.493 e. The van der Waals surface area contributed by atoms with Gasteiger partial charge in [-0.1, -0.05) is 12.1 Å². The molecule has 10 nitrogen and oxygen atoms in total. The molecule has 0 N–H and O–H groups in total. The Hall–Kier alpha value is -3.79. The number of benzene rings is 2. The summed E-state index contributed by atoms with van der Waals surface area (Å²) in [5, 5.41) is 0. The minimum atomic E-state index is -1.19. The maximum Gasteiger partial charge on any atom is 0.321 e. The van der Waals surface area contributed by atoms with E-state index >= 15 is 0 Å². The number of rotatable bonds is 9. The number of esters is 1. The van der Waals surface area contributed by atoms with E-state index in [1.807, 2.05) is 28.8 Å². The number of amides is 1. The summed E-state index contributed by atoms with van der Waals surface area (Å²) >= 11 is 0. The van der Waals surface area contributed by atoms with E-state index in [9.17, 15) is 9.59 Å². The summed E-state index contributed by atoms with van der Waals surface area (Å²) in [7, 11) is 6.08. The van der Waals surface area contributed by atoms with Gasteiger partial charge in [0, 0.05) is 12.7 Å². The van der Waals surface area contributed by atoms with Gasteiger partial charge in [0.2, 0.25) is 17.6 Å². The molecule has 3 aromatic rings. The first-order valence-corrected chi connectivity index (χ1v) is 11.2. The van der Waals surface area contributed by atoms with E-state index in [0.29, 0.717) is 34.3 Å². The quantitative estimate of drug-likeness (QED) is 0.338. The summed E-state index contributed by atoms with van der Waals surface area (Å²) in [6.07, 6.45) is 0. The number of nitrogens with zero attached hydrogens (tertiary/aromatic N) is 3. The van der Waals surface area contributed by atoms with Gasteiger partial charge in [0.15, 0.2) is 17.4 Å². The van der Waals surface area contributed by atoms with Crippen LogP contribution < -0.4 is 19.1 Å². The molecule has 2 atom stereocenters. The fourth-order valence-corrected chi connectivity index (χ4v) is 4.58. The van der Waals surface area contributed by atoms with Gasteiger partial charge in [0.1, 0.15) is 0 Å². The average molecular weight is 484 g/mol. The van der Waals surface area contributed by atoms with Crippen molar-refractivity contribution in [3.63, 3.8) is 0 Å². The number of ether oxygens (including phenoxy) is 5. The van der Waals surface area contributed by atoms with Crippen LogP contribution in [0, 0.1) is 5.92 Å². The topological polar surface area (TPSA) is 101 Å². The lowest BCUT2D eigenvalue weighted by Crippen LogP contribution is -2.51. The van der Waals surface area contributed by atoms with Crippen LogP contribution in [0.1, 0.15) is 18.5 Å². The highest BCUT2D eigenvalue weighted by Crippen LogP contribution is 2.48. The number of carbonyl (C=O) groups is 2. The maximum atomic E-state index is 13.9. The Bertz CT molecular complexity index is 1240. The Kier molecular flexibility index (Phi) is 7.11. The van der Waals surface area contributed by atoms with Gasteiger partial charge >= 0.3 is 5.97 Å². The molecule has 0 saturated carbocycles. The zero-order valence-electron chi connectivity index (χ0n) is 20.4. The van der Waals surface area contributed by atoms with E-state index in [-0.39, 0.29) is 19.8 Å². The third kappa shape index (κ3) is 4.03. The molecule has 1 aliphatic heterocycles. The molecule has 4 rings (SSSR count). The molecule has 0 unspecified atom stereocenters. The second-order valence-corrected chi connectivity index (χ2v) is 7.85. The number of methoxy groups -OCH3 is 4. The second-order valence-electron chi connectivity index (χ2n) is 7.85. The second kappa shape index (κ2) is 10.2. The Morgan fingerprint density at radius 2 is 1.74 bits per heavy atom. The van der Waals surface area contributed by atoms with Crippen LogP contribution in [0.5, 0.6) is 17.2 Å². The van der Waals surface area contributed by atoms with Crippen molar-refractivity contribution in [1.29, 1.82) is 0 Å². The van der Waals surface area contributed by atoms with Crippen LogP contribution in [0.3, 0.4) is 0 Å². The van der Waals surface area contributed by atoms with Crippen molar-refractivity contribution in [3.05, 3.63) is 42.0 Å². The summed E-state index contributed by atoms with van der Waals surface area (Å²) in [5.74, 6) is -0.668. The molecule has 0 spiro atoms. The summed E-state index contributed by atoms with van der Waals surface area (Å²) in [4.78, 5) is 33.4. The van der Waals surface area contributed by atoms with Crippen molar-refractivity contribution in [1.82, 2.24) is 9.55 Å². The maximum absolute atomic E-state index is 13.9. The van der Waals surface area contributed by atoms with E-state index in [2.05, 4.69) is 0 Å². The highest BCUT2D eigenvalue weighted by Gasteiger charge is 2.49. The molecule has 186 valence electrons. The molecule has 1 aliphatic rings. The van der Waals surface area contributed by atoms with Gasteiger partial charge in [0.05, 0.1) is 58.2 Å². The van der Waals surface area contributed by atoms with Gasteiger partial charge in [-0.25, -0.2) is 4.98 Å². The number of fused-ring (bicyclic) bond motifs is 3. The molecule has 0 aliphatic carbocycles. The molecule has 1 aromatic heterocycles. The summed E-state index contributed by atoms with van der Waals surface area (Å²) in [6, 6.07) is 10.2. The molecular weight excluding hydrogens is 454 g/mol. The number of aromatic nitrogens is 2. The Morgan fingerprint density at radius 3 is 2.40 bits per heavy atom. The van der Waals surface area contributed by atoms with Crippen molar-refractivity contribution in [3.8, 4) is 17.2 Å². The summed E-state index contributed by atoms with van der Waals surface area (Å²) in [5.41, 5.74) is 2.01. The predicted octanol–water partition coefficient (Wildman–Crippen LogP) is 2.82. The lowest BCUT2D eigenvalue weighted by atomic mass is 9.88. The first-order valence-electron chi connectivity index (χ1n) is 11.2. The van der Waals surface area contributed by atoms with E-state index < -0.39 is 23.8 Å². The van der Waals surface area contributed by atoms with Gasteiger partial charge in [0.25, 0.3) is 0 Å². The van der Waals surface area contributed by atoms with Crippen molar-refractivity contribution in [2.45, 2.75) is 13.0 Å². The molecule has 0 bridgehead atoms.